The molecule has 1 rings (SSSR count). The molecular formula is C11H17BrN2. The molecule has 1 heterocycles. The summed E-state index contributed by atoms with van der Waals surface area (Å²) in [6, 6.07) is 0. The van der Waals surface area contributed by atoms with E-state index in [0.717, 1.165) is 16.0 Å². The number of hydrogen-bond acceptors (Lipinski definition) is 2. The van der Waals surface area contributed by atoms with E-state index in [4.69, 9.17) is 0 Å². The molecule has 0 radical (unpaired) electrons. The standard InChI is InChI=1S/C11H17BrN2/c1-7(2)9-8(12)6-13-10(14-9)11(3,4)5/h6-7H,1-5H3. The maximum Gasteiger partial charge on any atom is 0.133 e. The van der Waals surface area contributed by atoms with Crippen LogP contribution in [0.5, 0.6) is 0 Å². The summed E-state index contributed by atoms with van der Waals surface area (Å²) in [5.41, 5.74) is 1.11. The van der Waals surface area contributed by atoms with E-state index in [2.05, 4.69) is 60.5 Å². The van der Waals surface area contributed by atoms with Gasteiger partial charge in [-0.25, -0.2) is 9.97 Å². The lowest BCUT2D eigenvalue weighted by molar-refractivity contribution is 0.537. The summed E-state index contributed by atoms with van der Waals surface area (Å²) < 4.78 is 1.00. The SMILES string of the molecule is CC(C)c1nc(C(C)(C)C)ncc1Br. The second kappa shape index (κ2) is 3.97. The summed E-state index contributed by atoms with van der Waals surface area (Å²) in [5.74, 6) is 1.33. The third kappa shape index (κ3) is 2.53. The Morgan fingerprint density at radius 1 is 1.29 bits per heavy atom. The van der Waals surface area contributed by atoms with Crippen LogP contribution in [0.25, 0.3) is 0 Å². The molecule has 1 aromatic rings. The molecule has 0 saturated heterocycles. The first-order valence-electron chi connectivity index (χ1n) is 4.85. The Kier molecular flexibility index (Phi) is 3.30. The van der Waals surface area contributed by atoms with Gasteiger partial charge in [0.15, 0.2) is 0 Å². The minimum Gasteiger partial charge on any atom is -0.240 e. The van der Waals surface area contributed by atoms with Crippen LogP contribution in [-0.4, -0.2) is 9.97 Å². The number of hydrogen-bond donors (Lipinski definition) is 0. The smallest absolute Gasteiger partial charge is 0.133 e. The minimum absolute atomic E-state index is 0.0182. The summed E-state index contributed by atoms with van der Waals surface area (Å²) >= 11 is 3.47. The second-order valence-corrected chi connectivity index (χ2v) is 5.69. The van der Waals surface area contributed by atoms with E-state index >= 15 is 0 Å². The molecule has 0 atom stereocenters. The van der Waals surface area contributed by atoms with Crippen molar-refractivity contribution in [3.63, 3.8) is 0 Å². The summed E-state index contributed by atoms with van der Waals surface area (Å²) in [6.45, 7) is 10.7. The first kappa shape index (κ1) is 11.6. The van der Waals surface area contributed by atoms with Crippen LogP contribution in [0.15, 0.2) is 10.7 Å². The molecule has 0 unspecified atom stereocenters. The van der Waals surface area contributed by atoms with Crippen molar-refractivity contribution in [2.75, 3.05) is 0 Å². The zero-order valence-electron chi connectivity index (χ0n) is 9.43. The van der Waals surface area contributed by atoms with Crippen molar-refractivity contribution in [2.24, 2.45) is 0 Å². The van der Waals surface area contributed by atoms with Crippen LogP contribution >= 0.6 is 15.9 Å². The highest BCUT2D eigenvalue weighted by atomic mass is 79.9. The molecule has 3 heteroatoms. The van der Waals surface area contributed by atoms with Gasteiger partial charge in [-0.15, -0.1) is 0 Å². The Morgan fingerprint density at radius 2 is 1.86 bits per heavy atom. The third-order valence-electron chi connectivity index (χ3n) is 1.99. The van der Waals surface area contributed by atoms with Gasteiger partial charge in [0.1, 0.15) is 5.82 Å². The van der Waals surface area contributed by atoms with Gasteiger partial charge in [-0.05, 0) is 21.8 Å². The molecule has 14 heavy (non-hydrogen) atoms. The first-order valence-corrected chi connectivity index (χ1v) is 5.64. The van der Waals surface area contributed by atoms with Gasteiger partial charge in [-0.2, -0.15) is 0 Å². The Balaban J connectivity index is 3.20. The van der Waals surface area contributed by atoms with Gasteiger partial charge in [-0.3, -0.25) is 0 Å². The second-order valence-electron chi connectivity index (χ2n) is 4.83. The fraction of sp³-hybridized carbons (Fsp3) is 0.636. The van der Waals surface area contributed by atoms with E-state index < -0.39 is 0 Å². The maximum atomic E-state index is 4.59. The van der Waals surface area contributed by atoms with Crippen LogP contribution in [0, 0.1) is 0 Å². The lowest BCUT2D eigenvalue weighted by atomic mass is 9.95. The Morgan fingerprint density at radius 3 is 2.29 bits per heavy atom. The molecule has 0 aliphatic rings. The molecule has 0 amide bonds. The van der Waals surface area contributed by atoms with E-state index in [-0.39, 0.29) is 5.41 Å². The van der Waals surface area contributed by atoms with Crippen molar-refractivity contribution in [3.8, 4) is 0 Å². The van der Waals surface area contributed by atoms with E-state index in [1.165, 1.54) is 0 Å². The van der Waals surface area contributed by atoms with Gasteiger partial charge in [0.25, 0.3) is 0 Å². The summed E-state index contributed by atoms with van der Waals surface area (Å²) in [6.07, 6.45) is 1.85. The molecule has 0 aromatic carbocycles. The summed E-state index contributed by atoms with van der Waals surface area (Å²) in [4.78, 5) is 8.92. The van der Waals surface area contributed by atoms with Gasteiger partial charge in [0.05, 0.1) is 10.2 Å². The predicted octanol–water partition coefficient (Wildman–Crippen LogP) is 3.66. The van der Waals surface area contributed by atoms with Gasteiger partial charge < -0.3 is 0 Å². The van der Waals surface area contributed by atoms with E-state index in [1.54, 1.807) is 0 Å². The van der Waals surface area contributed by atoms with E-state index in [1.807, 2.05) is 6.20 Å². The molecule has 1 aromatic heterocycles. The largest absolute Gasteiger partial charge is 0.240 e. The van der Waals surface area contributed by atoms with Crippen molar-refractivity contribution in [3.05, 3.63) is 22.2 Å². The van der Waals surface area contributed by atoms with Crippen molar-refractivity contribution >= 4 is 15.9 Å². The lowest BCUT2D eigenvalue weighted by Crippen LogP contribution is -2.17. The molecular weight excluding hydrogens is 240 g/mol. The molecule has 0 aliphatic heterocycles. The van der Waals surface area contributed by atoms with Crippen LogP contribution in [-0.2, 0) is 5.41 Å². The van der Waals surface area contributed by atoms with Gasteiger partial charge >= 0.3 is 0 Å². The van der Waals surface area contributed by atoms with Gasteiger partial charge in [0, 0.05) is 11.6 Å². The Labute approximate surface area is 94.3 Å². The zero-order chi connectivity index (χ0) is 10.9. The lowest BCUT2D eigenvalue weighted by Gasteiger charge is -2.18. The van der Waals surface area contributed by atoms with Crippen molar-refractivity contribution < 1.29 is 0 Å². The Hall–Kier alpha value is -0.440. The highest BCUT2D eigenvalue weighted by Gasteiger charge is 2.19. The molecule has 0 bridgehead atoms. The van der Waals surface area contributed by atoms with E-state index in [0.29, 0.717) is 5.92 Å². The molecule has 0 fully saturated rings. The topological polar surface area (TPSA) is 25.8 Å². The summed E-state index contributed by atoms with van der Waals surface area (Å²) in [5, 5.41) is 0. The van der Waals surface area contributed by atoms with Gasteiger partial charge in [-0.1, -0.05) is 34.6 Å². The molecule has 0 saturated carbocycles. The molecule has 0 spiro atoms. The molecule has 2 nitrogen and oxygen atoms in total. The average molecular weight is 257 g/mol. The molecule has 0 aliphatic carbocycles. The first-order chi connectivity index (χ1) is 6.32. The average Bonchev–Trinajstić information content (AvgIpc) is 2.02. The number of rotatable bonds is 1. The quantitative estimate of drug-likeness (QED) is 0.767. The monoisotopic (exact) mass is 256 g/mol. The predicted molar refractivity (Wildman–Crippen MR) is 62.5 cm³/mol. The number of aromatic nitrogens is 2. The highest BCUT2D eigenvalue weighted by molar-refractivity contribution is 9.10. The minimum atomic E-state index is 0.0182. The molecule has 0 N–H and O–H groups in total. The van der Waals surface area contributed by atoms with Crippen molar-refractivity contribution in [1.82, 2.24) is 9.97 Å². The number of nitrogens with zero attached hydrogens (tertiary/aromatic N) is 2. The van der Waals surface area contributed by atoms with E-state index in [9.17, 15) is 0 Å². The maximum absolute atomic E-state index is 4.59. The Bertz CT molecular complexity index is 327. The van der Waals surface area contributed by atoms with Crippen molar-refractivity contribution in [1.29, 1.82) is 0 Å². The fourth-order valence-electron chi connectivity index (χ4n) is 1.15. The van der Waals surface area contributed by atoms with Crippen molar-refractivity contribution in [2.45, 2.75) is 46.0 Å². The van der Waals surface area contributed by atoms with Crippen LogP contribution in [0.3, 0.4) is 0 Å². The van der Waals surface area contributed by atoms with Crippen LogP contribution < -0.4 is 0 Å². The fourth-order valence-corrected chi connectivity index (χ4v) is 1.80. The van der Waals surface area contributed by atoms with Crippen LogP contribution in [0.4, 0.5) is 0 Å². The van der Waals surface area contributed by atoms with Crippen LogP contribution in [0.2, 0.25) is 0 Å². The number of halogens is 1. The van der Waals surface area contributed by atoms with Gasteiger partial charge in [0.2, 0.25) is 0 Å². The van der Waals surface area contributed by atoms with Crippen LogP contribution in [0.1, 0.15) is 52.1 Å². The third-order valence-corrected chi connectivity index (χ3v) is 2.60. The highest BCUT2D eigenvalue weighted by Crippen LogP contribution is 2.25. The summed E-state index contributed by atoms with van der Waals surface area (Å²) in [7, 11) is 0. The zero-order valence-corrected chi connectivity index (χ0v) is 11.0. The normalized spacial score (nSPS) is 12.2. The molecule has 78 valence electrons.